The summed E-state index contributed by atoms with van der Waals surface area (Å²) in [6.45, 7) is 4.76. The highest BCUT2D eigenvalue weighted by molar-refractivity contribution is 5.87. The zero-order valence-corrected chi connectivity index (χ0v) is 10.8. The van der Waals surface area contributed by atoms with Gasteiger partial charge in [-0.1, -0.05) is 6.58 Å². The molecule has 1 saturated heterocycles. The van der Waals surface area contributed by atoms with Crippen molar-refractivity contribution in [2.45, 2.75) is 18.9 Å². The van der Waals surface area contributed by atoms with Crippen molar-refractivity contribution < 1.29 is 14.3 Å². The Labute approximate surface area is 110 Å². The number of hydrogen-bond acceptors (Lipinski definition) is 5. The summed E-state index contributed by atoms with van der Waals surface area (Å²) in [6, 6.07) is 0.104. The predicted molar refractivity (Wildman–Crippen MR) is 66.4 cm³/mol. The van der Waals surface area contributed by atoms with Gasteiger partial charge in [0.25, 0.3) is 0 Å². The molecule has 19 heavy (non-hydrogen) atoms. The Hall–Kier alpha value is -2.18. The number of aromatic nitrogens is 3. The second kappa shape index (κ2) is 5.64. The minimum absolute atomic E-state index is 0.0536. The maximum Gasteiger partial charge on any atom is 0.360 e. The normalized spacial score (nSPS) is 16.2. The molecule has 7 nitrogen and oxygen atoms in total. The standard InChI is InChI=1S/C12H16N4O3/c1-3-11(17)15-6-4-9(5-7-15)16-13-8-10(14-16)12(18)19-2/h3,8-9H,1,4-7H2,2H3. The summed E-state index contributed by atoms with van der Waals surface area (Å²) >= 11 is 0. The zero-order valence-electron chi connectivity index (χ0n) is 10.8. The molecule has 1 amide bonds. The highest BCUT2D eigenvalue weighted by Crippen LogP contribution is 2.21. The van der Waals surface area contributed by atoms with E-state index in [2.05, 4.69) is 21.5 Å². The Balaban J connectivity index is 1.98. The molecule has 0 saturated carbocycles. The van der Waals surface area contributed by atoms with E-state index in [0.717, 1.165) is 12.8 Å². The van der Waals surface area contributed by atoms with Crippen LogP contribution in [-0.2, 0) is 9.53 Å². The molecule has 0 spiro atoms. The molecule has 0 N–H and O–H groups in total. The molecule has 0 aliphatic carbocycles. The van der Waals surface area contributed by atoms with Gasteiger partial charge < -0.3 is 9.64 Å². The SMILES string of the molecule is C=CC(=O)N1CCC(n2ncc(C(=O)OC)n2)CC1. The minimum atomic E-state index is -0.495. The molecule has 1 fully saturated rings. The second-order valence-corrected chi connectivity index (χ2v) is 4.30. The Bertz CT molecular complexity index is 489. The zero-order chi connectivity index (χ0) is 13.8. The lowest BCUT2D eigenvalue weighted by Crippen LogP contribution is -2.38. The third-order valence-electron chi connectivity index (χ3n) is 3.18. The first kappa shape index (κ1) is 13.3. The molecule has 1 aliphatic heterocycles. The highest BCUT2D eigenvalue weighted by atomic mass is 16.5. The summed E-state index contributed by atoms with van der Waals surface area (Å²) in [5.41, 5.74) is 0.201. The van der Waals surface area contributed by atoms with Gasteiger partial charge in [-0.05, 0) is 18.9 Å². The van der Waals surface area contributed by atoms with Gasteiger partial charge in [0, 0.05) is 13.1 Å². The molecular weight excluding hydrogens is 248 g/mol. The fourth-order valence-electron chi connectivity index (χ4n) is 2.10. The summed E-state index contributed by atoms with van der Waals surface area (Å²) < 4.78 is 4.58. The van der Waals surface area contributed by atoms with Crippen LogP contribution in [0.15, 0.2) is 18.9 Å². The Morgan fingerprint density at radius 3 is 2.74 bits per heavy atom. The Kier molecular flexibility index (Phi) is 3.94. The monoisotopic (exact) mass is 264 g/mol. The third-order valence-corrected chi connectivity index (χ3v) is 3.18. The van der Waals surface area contributed by atoms with E-state index in [1.165, 1.54) is 24.2 Å². The first-order chi connectivity index (χ1) is 9.15. The van der Waals surface area contributed by atoms with Gasteiger partial charge in [-0.2, -0.15) is 9.90 Å². The number of methoxy groups -OCH3 is 1. The second-order valence-electron chi connectivity index (χ2n) is 4.30. The van der Waals surface area contributed by atoms with Crippen LogP contribution in [0.25, 0.3) is 0 Å². The fourth-order valence-corrected chi connectivity index (χ4v) is 2.10. The van der Waals surface area contributed by atoms with Crippen LogP contribution in [0.4, 0.5) is 0 Å². The van der Waals surface area contributed by atoms with E-state index < -0.39 is 5.97 Å². The predicted octanol–water partition coefficient (Wildman–Crippen LogP) is 0.414. The average molecular weight is 264 g/mol. The van der Waals surface area contributed by atoms with Gasteiger partial charge in [0.15, 0.2) is 5.69 Å². The van der Waals surface area contributed by atoms with Gasteiger partial charge in [0.1, 0.15) is 0 Å². The Morgan fingerprint density at radius 1 is 1.47 bits per heavy atom. The molecule has 0 aromatic carbocycles. The number of ether oxygens (including phenoxy) is 1. The van der Waals surface area contributed by atoms with Crippen LogP contribution in [0, 0.1) is 0 Å². The summed E-state index contributed by atoms with van der Waals surface area (Å²) in [4.78, 5) is 26.0. The van der Waals surface area contributed by atoms with Crippen LogP contribution in [0.1, 0.15) is 29.4 Å². The van der Waals surface area contributed by atoms with E-state index in [0.29, 0.717) is 13.1 Å². The van der Waals surface area contributed by atoms with Crippen molar-refractivity contribution in [1.29, 1.82) is 0 Å². The van der Waals surface area contributed by atoms with Gasteiger partial charge in [-0.15, -0.1) is 5.10 Å². The van der Waals surface area contributed by atoms with E-state index >= 15 is 0 Å². The molecule has 102 valence electrons. The number of likely N-dealkylation sites (tertiary alicyclic amines) is 1. The first-order valence-corrected chi connectivity index (χ1v) is 6.07. The molecule has 1 aliphatic rings. The van der Waals surface area contributed by atoms with Crippen LogP contribution in [-0.4, -0.2) is 52.0 Å². The van der Waals surface area contributed by atoms with Crippen LogP contribution in [0.3, 0.4) is 0 Å². The molecule has 1 aromatic rings. The number of esters is 1. The van der Waals surface area contributed by atoms with Crippen molar-refractivity contribution >= 4 is 11.9 Å². The molecule has 0 bridgehead atoms. The highest BCUT2D eigenvalue weighted by Gasteiger charge is 2.24. The lowest BCUT2D eigenvalue weighted by Gasteiger charge is -2.30. The molecule has 7 heteroatoms. The van der Waals surface area contributed by atoms with E-state index in [1.54, 1.807) is 4.90 Å². The maximum atomic E-state index is 11.5. The minimum Gasteiger partial charge on any atom is -0.464 e. The van der Waals surface area contributed by atoms with Crippen LogP contribution < -0.4 is 0 Å². The number of amides is 1. The Morgan fingerprint density at radius 2 is 2.16 bits per heavy atom. The lowest BCUT2D eigenvalue weighted by atomic mass is 10.1. The molecular formula is C12H16N4O3. The van der Waals surface area contributed by atoms with E-state index in [-0.39, 0.29) is 17.6 Å². The van der Waals surface area contributed by atoms with Crippen molar-refractivity contribution in [2.24, 2.45) is 0 Å². The average Bonchev–Trinajstić information content (AvgIpc) is 2.95. The number of hydrogen-bond donors (Lipinski definition) is 0. The number of carbonyl (C=O) groups is 2. The molecule has 0 unspecified atom stereocenters. The molecule has 1 aromatic heterocycles. The van der Waals surface area contributed by atoms with E-state index in [1.807, 2.05) is 0 Å². The topological polar surface area (TPSA) is 77.3 Å². The molecule has 0 radical (unpaired) electrons. The van der Waals surface area contributed by atoms with Crippen molar-refractivity contribution in [3.63, 3.8) is 0 Å². The van der Waals surface area contributed by atoms with Gasteiger partial charge >= 0.3 is 5.97 Å². The molecule has 0 atom stereocenters. The van der Waals surface area contributed by atoms with Crippen molar-refractivity contribution in [2.75, 3.05) is 20.2 Å². The van der Waals surface area contributed by atoms with E-state index in [9.17, 15) is 9.59 Å². The molecule has 2 rings (SSSR count). The quantitative estimate of drug-likeness (QED) is 0.584. The van der Waals surface area contributed by atoms with Crippen LogP contribution >= 0.6 is 0 Å². The van der Waals surface area contributed by atoms with E-state index in [4.69, 9.17) is 0 Å². The summed E-state index contributed by atoms with van der Waals surface area (Å²) in [5, 5.41) is 8.18. The fraction of sp³-hybridized carbons (Fsp3) is 0.500. The van der Waals surface area contributed by atoms with Crippen LogP contribution in [0.5, 0.6) is 0 Å². The maximum absolute atomic E-state index is 11.5. The van der Waals surface area contributed by atoms with Crippen molar-refractivity contribution in [1.82, 2.24) is 19.9 Å². The summed E-state index contributed by atoms with van der Waals surface area (Å²) in [6.07, 6.45) is 4.23. The smallest absolute Gasteiger partial charge is 0.360 e. The summed E-state index contributed by atoms with van der Waals surface area (Å²) in [7, 11) is 1.31. The summed E-state index contributed by atoms with van der Waals surface area (Å²) in [5.74, 6) is -0.548. The van der Waals surface area contributed by atoms with Crippen molar-refractivity contribution in [3.05, 3.63) is 24.5 Å². The van der Waals surface area contributed by atoms with Gasteiger partial charge in [0.05, 0.1) is 19.3 Å². The lowest BCUT2D eigenvalue weighted by molar-refractivity contribution is -0.127. The number of piperidine rings is 1. The van der Waals surface area contributed by atoms with Gasteiger partial charge in [-0.3, -0.25) is 4.79 Å². The largest absolute Gasteiger partial charge is 0.464 e. The van der Waals surface area contributed by atoms with Crippen LogP contribution in [0.2, 0.25) is 0 Å². The van der Waals surface area contributed by atoms with Gasteiger partial charge in [-0.25, -0.2) is 4.79 Å². The molecule has 2 heterocycles. The number of nitrogens with zero attached hydrogens (tertiary/aromatic N) is 4. The number of rotatable bonds is 3. The third kappa shape index (κ3) is 2.81. The van der Waals surface area contributed by atoms with Crippen molar-refractivity contribution in [3.8, 4) is 0 Å². The van der Waals surface area contributed by atoms with Gasteiger partial charge in [0.2, 0.25) is 5.91 Å². The number of carbonyl (C=O) groups excluding carboxylic acids is 2. The first-order valence-electron chi connectivity index (χ1n) is 6.07.